The van der Waals surface area contributed by atoms with E-state index in [4.69, 9.17) is 0 Å². The summed E-state index contributed by atoms with van der Waals surface area (Å²) in [4.78, 5) is 0.246. The fourth-order valence-electron chi connectivity index (χ4n) is 1.33. The molecule has 15 heavy (non-hydrogen) atoms. The zero-order chi connectivity index (χ0) is 10.8. The number of benzene rings is 1. The Morgan fingerprint density at radius 1 is 1.07 bits per heavy atom. The van der Waals surface area contributed by atoms with E-state index in [1.54, 1.807) is 11.3 Å². The van der Waals surface area contributed by atoms with Crippen LogP contribution in [0.4, 0.5) is 0 Å². The summed E-state index contributed by atoms with van der Waals surface area (Å²) in [5.74, 6) is 0. The number of alkyl halides is 1. The predicted molar refractivity (Wildman–Crippen MR) is 76.9 cm³/mol. The zero-order valence-corrected chi connectivity index (χ0v) is 13.2. The molecule has 1 aromatic carbocycles. The largest absolute Gasteiger partial charge is 0.121 e. The highest BCUT2D eigenvalue weighted by Crippen LogP contribution is 2.41. The summed E-state index contributed by atoms with van der Waals surface area (Å²) in [6, 6.07) is 12.5. The maximum absolute atomic E-state index is 3.71. The third kappa shape index (κ3) is 2.73. The third-order valence-electron chi connectivity index (χ3n) is 2.05. The molecule has 0 N–H and O–H groups in total. The first-order chi connectivity index (χ1) is 7.18. The zero-order valence-electron chi connectivity index (χ0n) is 7.58. The molecule has 1 unspecified atom stereocenters. The Bertz CT molecular complexity index is 450. The van der Waals surface area contributed by atoms with Gasteiger partial charge in [-0.05, 0) is 49.1 Å². The Morgan fingerprint density at radius 2 is 1.73 bits per heavy atom. The van der Waals surface area contributed by atoms with E-state index in [2.05, 4.69) is 78.1 Å². The first-order valence-electron chi connectivity index (χ1n) is 4.32. The van der Waals surface area contributed by atoms with Crippen molar-refractivity contribution in [3.8, 4) is 0 Å². The van der Waals surface area contributed by atoms with Crippen LogP contribution in [-0.4, -0.2) is 0 Å². The summed E-state index contributed by atoms with van der Waals surface area (Å²) in [5.41, 5.74) is 2.53. The molecule has 0 nitrogen and oxygen atoms in total. The van der Waals surface area contributed by atoms with Crippen molar-refractivity contribution in [3.63, 3.8) is 0 Å². The minimum absolute atomic E-state index is 0.246. The molecule has 78 valence electrons. The average Bonchev–Trinajstić information content (AvgIpc) is 2.58. The van der Waals surface area contributed by atoms with Crippen molar-refractivity contribution in [3.05, 3.63) is 55.1 Å². The Kier molecular flexibility index (Phi) is 4.04. The van der Waals surface area contributed by atoms with Crippen LogP contribution in [0.3, 0.4) is 0 Å². The quantitative estimate of drug-likeness (QED) is 0.552. The number of halogens is 3. The summed E-state index contributed by atoms with van der Waals surface area (Å²) in [5, 5.41) is 0. The van der Waals surface area contributed by atoms with Crippen molar-refractivity contribution in [2.45, 2.75) is 4.83 Å². The number of hydrogen-bond donors (Lipinski definition) is 0. The predicted octanol–water partition coefficient (Wildman–Crippen LogP) is 5.76. The van der Waals surface area contributed by atoms with E-state index in [1.165, 1.54) is 14.9 Å². The van der Waals surface area contributed by atoms with Crippen molar-refractivity contribution in [2.24, 2.45) is 0 Å². The van der Waals surface area contributed by atoms with E-state index in [-0.39, 0.29) is 4.83 Å². The van der Waals surface area contributed by atoms with Crippen LogP contribution >= 0.6 is 59.1 Å². The molecule has 0 amide bonds. The average molecular weight is 411 g/mol. The van der Waals surface area contributed by atoms with E-state index < -0.39 is 0 Å². The standard InChI is InChI=1S/C11H7Br3S/c12-9-6-8(11(14)15-9)10(13)7-4-2-1-3-5-7/h1-6,10H. The van der Waals surface area contributed by atoms with E-state index >= 15 is 0 Å². The van der Waals surface area contributed by atoms with Crippen molar-refractivity contribution in [1.82, 2.24) is 0 Å². The highest BCUT2D eigenvalue weighted by molar-refractivity contribution is 9.12. The molecule has 0 radical (unpaired) electrons. The van der Waals surface area contributed by atoms with E-state index in [0.717, 1.165) is 3.79 Å². The molecule has 2 aromatic rings. The van der Waals surface area contributed by atoms with Crippen molar-refractivity contribution >= 4 is 59.1 Å². The summed E-state index contributed by atoms with van der Waals surface area (Å²) in [6.07, 6.45) is 0. The van der Waals surface area contributed by atoms with Gasteiger partial charge in [0.15, 0.2) is 0 Å². The van der Waals surface area contributed by atoms with Gasteiger partial charge >= 0.3 is 0 Å². The second-order valence-electron chi connectivity index (χ2n) is 3.05. The molecule has 0 fully saturated rings. The van der Waals surface area contributed by atoms with Crippen LogP contribution in [0.25, 0.3) is 0 Å². The molecule has 0 spiro atoms. The first kappa shape index (κ1) is 11.8. The number of hydrogen-bond acceptors (Lipinski definition) is 1. The lowest BCUT2D eigenvalue weighted by molar-refractivity contribution is 1.18. The summed E-state index contributed by atoms with van der Waals surface area (Å²) in [6.45, 7) is 0. The van der Waals surface area contributed by atoms with Gasteiger partial charge in [-0.25, -0.2) is 0 Å². The van der Waals surface area contributed by atoms with Gasteiger partial charge in [0.2, 0.25) is 0 Å². The van der Waals surface area contributed by atoms with Crippen molar-refractivity contribution in [2.75, 3.05) is 0 Å². The lowest BCUT2D eigenvalue weighted by Crippen LogP contribution is -1.90. The molecule has 0 aliphatic heterocycles. The van der Waals surface area contributed by atoms with Crippen LogP contribution in [0.2, 0.25) is 0 Å². The Morgan fingerprint density at radius 3 is 2.27 bits per heavy atom. The normalized spacial score (nSPS) is 12.7. The fourth-order valence-corrected chi connectivity index (χ4v) is 5.35. The maximum Gasteiger partial charge on any atom is 0.0757 e. The van der Waals surface area contributed by atoms with Crippen LogP contribution in [0.5, 0.6) is 0 Å². The molecule has 0 saturated heterocycles. The van der Waals surface area contributed by atoms with E-state index in [0.29, 0.717) is 0 Å². The van der Waals surface area contributed by atoms with Crippen molar-refractivity contribution < 1.29 is 0 Å². The van der Waals surface area contributed by atoms with Crippen molar-refractivity contribution in [1.29, 1.82) is 0 Å². The van der Waals surface area contributed by atoms with Gasteiger partial charge in [0.1, 0.15) is 0 Å². The lowest BCUT2D eigenvalue weighted by atomic mass is 10.1. The highest BCUT2D eigenvalue weighted by atomic mass is 79.9. The Hall–Kier alpha value is 0.360. The molecule has 1 aromatic heterocycles. The molecule has 0 bridgehead atoms. The Labute approximate surface area is 118 Å². The number of thiophene rings is 1. The molecule has 2 rings (SSSR count). The van der Waals surface area contributed by atoms with Crippen LogP contribution in [0, 0.1) is 0 Å². The van der Waals surface area contributed by atoms with Gasteiger partial charge in [-0.3, -0.25) is 0 Å². The second kappa shape index (κ2) is 5.13. The monoisotopic (exact) mass is 408 g/mol. The lowest BCUT2D eigenvalue weighted by Gasteiger charge is -2.08. The molecule has 1 atom stereocenters. The molecule has 0 saturated carbocycles. The molecular weight excluding hydrogens is 404 g/mol. The summed E-state index contributed by atoms with van der Waals surface area (Å²) in [7, 11) is 0. The minimum Gasteiger partial charge on any atom is -0.121 e. The summed E-state index contributed by atoms with van der Waals surface area (Å²) >= 11 is 12.5. The van der Waals surface area contributed by atoms with Gasteiger partial charge in [-0.2, -0.15) is 0 Å². The number of rotatable bonds is 2. The van der Waals surface area contributed by atoms with Crippen LogP contribution in [-0.2, 0) is 0 Å². The smallest absolute Gasteiger partial charge is 0.0757 e. The van der Waals surface area contributed by atoms with Crippen LogP contribution in [0.15, 0.2) is 44.0 Å². The van der Waals surface area contributed by atoms with Gasteiger partial charge in [0.05, 0.1) is 12.4 Å². The first-order valence-corrected chi connectivity index (χ1v) is 7.64. The van der Waals surface area contributed by atoms with E-state index in [9.17, 15) is 0 Å². The van der Waals surface area contributed by atoms with E-state index in [1.807, 2.05) is 6.07 Å². The van der Waals surface area contributed by atoms with Gasteiger partial charge in [0.25, 0.3) is 0 Å². The maximum atomic E-state index is 3.71. The molecular formula is C11H7Br3S. The highest BCUT2D eigenvalue weighted by Gasteiger charge is 2.15. The topological polar surface area (TPSA) is 0 Å². The molecule has 1 heterocycles. The third-order valence-corrected chi connectivity index (χ3v) is 5.46. The Balaban J connectivity index is 2.36. The van der Waals surface area contributed by atoms with Gasteiger partial charge in [-0.1, -0.05) is 46.3 Å². The van der Waals surface area contributed by atoms with Gasteiger partial charge < -0.3 is 0 Å². The summed E-state index contributed by atoms with van der Waals surface area (Å²) < 4.78 is 2.31. The van der Waals surface area contributed by atoms with Crippen LogP contribution in [0.1, 0.15) is 16.0 Å². The van der Waals surface area contributed by atoms with Gasteiger partial charge in [-0.15, -0.1) is 11.3 Å². The SMILES string of the molecule is Brc1cc(C(Br)c2ccccc2)c(Br)s1. The molecule has 0 aliphatic rings. The second-order valence-corrected chi connectivity index (χ2v) is 7.72. The molecule has 4 heteroatoms. The fraction of sp³-hybridized carbons (Fsp3) is 0.0909. The van der Waals surface area contributed by atoms with Gasteiger partial charge in [0, 0.05) is 0 Å². The minimum atomic E-state index is 0.246. The molecule has 0 aliphatic carbocycles. The van der Waals surface area contributed by atoms with Crippen LogP contribution < -0.4 is 0 Å².